The Morgan fingerprint density at radius 1 is 0.964 bits per heavy atom. The van der Waals surface area contributed by atoms with Crippen LogP contribution in [0.4, 0.5) is 11.8 Å². The van der Waals surface area contributed by atoms with Crippen LogP contribution in [0.5, 0.6) is 5.75 Å². The zero-order valence-corrected chi connectivity index (χ0v) is 16.1. The van der Waals surface area contributed by atoms with Crippen molar-refractivity contribution < 1.29 is 4.74 Å². The summed E-state index contributed by atoms with van der Waals surface area (Å²) in [6, 6.07) is 15.6. The van der Waals surface area contributed by atoms with Crippen molar-refractivity contribution in [3.05, 3.63) is 59.6 Å². The molecule has 7 nitrogen and oxygen atoms in total. The van der Waals surface area contributed by atoms with E-state index in [0.717, 1.165) is 38.7 Å². The van der Waals surface area contributed by atoms with Crippen molar-refractivity contribution >= 4 is 39.1 Å². The molecule has 0 aliphatic rings. The van der Waals surface area contributed by atoms with Gasteiger partial charge < -0.3 is 10.1 Å². The molecule has 0 fully saturated rings. The average molecular weight is 388 g/mol. The Hall–Kier alpha value is -3.52. The molecule has 0 saturated carbocycles. The second kappa shape index (κ2) is 6.58. The van der Waals surface area contributed by atoms with Gasteiger partial charge >= 0.3 is 0 Å². The monoisotopic (exact) mass is 388 g/mol. The van der Waals surface area contributed by atoms with Gasteiger partial charge in [-0.25, -0.2) is 14.5 Å². The van der Waals surface area contributed by atoms with E-state index in [4.69, 9.17) is 4.74 Å². The van der Waals surface area contributed by atoms with Gasteiger partial charge in [0.05, 0.1) is 29.5 Å². The van der Waals surface area contributed by atoms with Crippen molar-refractivity contribution in [2.75, 3.05) is 12.4 Å². The Bertz CT molecular complexity index is 1310. The minimum Gasteiger partial charge on any atom is -0.496 e. The van der Waals surface area contributed by atoms with Crippen LogP contribution < -0.4 is 10.1 Å². The number of aromatic nitrogens is 5. The summed E-state index contributed by atoms with van der Waals surface area (Å²) in [6.45, 7) is 1.92. The van der Waals surface area contributed by atoms with Crippen LogP contribution in [0.2, 0.25) is 0 Å². The fourth-order valence-electron chi connectivity index (χ4n) is 3.09. The zero-order chi connectivity index (χ0) is 19.1. The second-order valence-corrected chi connectivity index (χ2v) is 7.06. The number of anilines is 2. The number of benzene rings is 2. The Kier molecular flexibility index (Phi) is 3.91. The first-order valence-electron chi connectivity index (χ1n) is 8.71. The average Bonchev–Trinajstić information content (AvgIpc) is 3.28. The van der Waals surface area contributed by atoms with Crippen molar-refractivity contribution in [1.29, 1.82) is 0 Å². The first-order valence-corrected chi connectivity index (χ1v) is 9.59. The lowest BCUT2D eigenvalue weighted by atomic mass is 10.1. The van der Waals surface area contributed by atoms with E-state index >= 15 is 0 Å². The van der Waals surface area contributed by atoms with Gasteiger partial charge in [0.25, 0.3) is 0 Å². The zero-order valence-electron chi connectivity index (χ0n) is 15.2. The lowest BCUT2D eigenvalue weighted by molar-refractivity contribution is 0.416. The van der Waals surface area contributed by atoms with Gasteiger partial charge in [-0.1, -0.05) is 24.3 Å². The molecule has 0 atom stereocenters. The molecule has 0 aliphatic heterocycles. The van der Waals surface area contributed by atoms with E-state index in [1.54, 1.807) is 7.11 Å². The third kappa shape index (κ3) is 2.74. The molecule has 0 bridgehead atoms. The molecule has 0 unspecified atom stereocenters. The molecule has 0 saturated heterocycles. The summed E-state index contributed by atoms with van der Waals surface area (Å²) in [5.74, 6) is 1.93. The molecule has 0 radical (unpaired) electrons. The van der Waals surface area contributed by atoms with Crippen LogP contribution in [-0.4, -0.2) is 31.7 Å². The Morgan fingerprint density at radius 2 is 1.71 bits per heavy atom. The summed E-state index contributed by atoms with van der Waals surface area (Å²) in [6.07, 6.45) is 0. The van der Waals surface area contributed by atoms with Crippen LogP contribution in [0.15, 0.2) is 53.9 Å². The molecule has 5 aromatic rings. The summed E-state index contributed by atoms with van der Waals surface area (Å²) in [5.41, 5.74) is 4.38. The quantitative estimate of drug-likeness (QED) is 0.490. The first-order chi connectivity index (χ1) is 13.7. The molecule has 138 valence electrons. The first kappa shape index (κ1) is 16.6. The van der Waals surface area contributed by atoms with E-state index in [2.05, 4.69) is 25.4 Å². The molecule has 3 heterocycles. The number of nitrogens with one attached hydrogen (secondary N) is 1. The van der Waals surface area contributed by atoms with Gasteiger partial charge in [0.2, 0.25) is 10.9 Å². The molecule has 2 aromatic carbocycles. The molecule has 1 N–H and O–H groups in total. The number of rotatable bonds is 4. The molecule has 0 amide bonds. The Balaban J connectivity index is 1.55. The summed E-state index contributed by atoms with van der Waals surface area (Å²) < 4.78 is 7.30. The van der Waals surface area contributed by atoms with Gasteiger partial charge in [0.15, 0.2) is 5.82 Å². The molecular weight excluding hydrogens is 372 g/mol. The SMILES string of the molecule is COc1ccccc1-c1csc2nc(Nc3nc4ccccc4nc3C)nn12. The maximum Gasteiger partial charge on any atom is 0.249 e. The van der Waals surface area contributed by atoms with Crippen molar-refractivity contribution in [3.8, 4) is 17.0 Å². The lowest BCUT2D eigenvalue weighted by Gasteiger charge is -2.07. The predicted molar refractivity (Wildman–Crippen MR) is 110 cm³/mol. The maximum absolute atomic E-state index is 5.49. The van der Waals surface area contributed by atoms with Crippen molar-refractivity contribution in [3.63, 3.8) is 0 Å². The topological polar surface area (TPSA) is 77.2 Å². The van der Waals surface area contributed by atoms with E-state index in [-0.39, 0.29) is 0 Å². The fourth-order valence-corrected chi connectivity index (χ4v) is 3.91. The van der Waals surface area contributed by atoms with E-state index in [1.165, 1.54) is 11.3 Å². The third-order valence-electron chi connectivity index (χ3n) is 4.44. The van der Waals surface area contributed by atoms with E-state index in [1.807, 2.05) is 65.4 Å². The summed E-state index contributed by atoms with van der Waals surface area (Å²) >= 11 is 1.52. The molecular formula is C20H16N6OS. The Labute approximate surface area is 164 Å². The number of aryl methyl sites for hydroxylation is 1. The highest BCUT2D eigenvalue weighted by Crippen LogP contribution is 2.33. The lowest BCUT2D eigenvalue weighted by Crippen LogP contribution is -2.01. The van der Waals surface area contributed by atoms with Crippen molar-refractivity contribution in [2.45, 2.75) is 6.92 Å². The van der Waals surface area contributed by atoms with Crippen LogP contribution >= 0.6 is 11.3 Å². The van der Waals surface area contributed by atoms with E-state index in [0.29, 0.717) is 11.8 Å². The molecule has 8 heteroatoms. The number of hydrogen-bond donors (Lipinski definition) is 1. The van der Waals surface area contributed by atoms with Crippen LogP contribution in [-0.2, 0) is 0 Å². The highest BCUT2D eigenvalue weighted by Gasteiger charge is 2.15. The minimum atomic E-state index is 0.482. The van der Waals surface area contributed by atoms with Crippen LogP contribution in [0.3, 0.4) is 0 Å². The minimum absolute atomic E-state index is 0.482. The van der Waals surface area contributed by atoms with Gasteiger partial charge in [-0.05, 0) is 31.2 Å². The maximum atomic E-state index is 5.49. The summed E-state index contributed by atoms with van der Waals surface area (Å²) in [7, 11) is 1.66. The molecule has 0 aliphatic carbocycles. The number of para-hydroxylation sites is 3. The standard InChI is InChI=1S/C20H16N6OS/c1-12-18(22-15-9-5-4-8-14(15)21-12)23-19-24-20-26(25-19)16(11-28-20)13-7-3-6-10-17(13)27-2/h3-11H,1-2H3,(H,22,23,25). The van der Waals surface area contributed by atoms with Crippen LogP contribution in [0, 0.1) is 6.92 Å². The van der Waals surface area contributed by atoms with Crippen LogP contribution in [0.25, 0.3) is 27.3 Å². The van der Waals surface area contributed by atoms with Gasteiger partial charge in [-0.3, -0.25) is 0 Å². The predicted octanol–water partition coefficient (Wildman–Crippen LogP) is 4.46. The van der Waals surface area contributed by atoms with Gasteiger partial charge in [0, 0.05) is 10.9 Å². The van der Waals surface area contributed by atoms with Crippen molar-refractivity contribution in [2.24, 2.45) is 0 Å². The number of hydrogen-bond acceptors (Lipinski definition) is 7. The largest absolute Gasteiger partial charge is 0.496 e. The molecule has 3 aromatic heterocycles. The van der Waals surface area contributed by atoms with Gasteiger partial charge in [0.1, 0.15) is 5.75 Å². The highest BCUT2D eigenvalue weighted by atomic mass is 32.1. The normalized spacial score (nSPS) is 11.2. The second-order valence-electron chi connectivity index (χ2n) is 6.22. The number of ether oxygens (including phenoxy) is 1. The summed E-state index contributed by atoms with van der Waals surface area (Å²) in [5, 5.41) is 9.85. The number of nitrogens with zero attached hydrogens (tertiary/aromatic N) is 5. The number of methoxy groups -OCH3 is 1. The van der Waals surface area contributed by atoms with Crippen molar-refractivity contribution in [1.82, 2.24) is 24.6 Å². The fraction of sp³-hybridized carbons (Fsp3) is 0.100. The van der Waals surface area contributed by atoms with E-state index in [9.17, 15) is 0 Å². The van der Waals surface area contributed by atoms with E-state index < -0.39 is 0 Å². The summed E-state index contributed by atoms with van der Waals surface area (Å²) in [4.78, 5) is 14.6. The Morgan fingerprint density at radius 3 is 2.54 bits per heavy atom. The van der Waals surface area contributed by atoms with Crippen LogP contribution in [0.1, 0.15) is 5.69 Å². The highest BCUT2D eigenvalue weighted by molar-refractivity contribution is 7.15. The molecule has 28 heavy (non-hydrogen) atoms. The third-order valence-corrected chi connectivity index (χ3v) is 5.26. The molecule has 5 rings (SSSR count). The smallest absolute Gasteiger partial charge is 0.249 e. The molecule has 0 spiro atoms. The number of fused-ring (bicyclic) bond motifs is 2. The number of thiazole rings is 1. The van der Waals surface area contributed by atoms with Gasteiger partial charge in [-0.2, -0.15) is 4.98 Å². The van der Waals surface area contributed by atoms with Gasteiger partial charge in [-0.15, -0.1) is 16.4 Å².